The second kappa shape index (κ2) is 6.27. The maximum atomic E-state index is 11.5. The van der Waals surface area contributed by atoms with Crippen molar-refractivity contribution in [1.29, 1.82) is 0 Å². The van der Waals surface area contributed by atoms with Gasteiger partial charge in [0.05, 0.1) is 24.9 Å². The third-order valence-corrected chi connectivity index (χ3v) is 3.70. The first-order valence-corrected chi connectivity index (χ1v) is 7.10. The van der Waals surface area contributed by atoms with Gasteiger partial charge in [0, 0.05) is 11.7 Å². The summed E-state index contributed by atoms with van der Waals surface area (Å²) >= 11 is 0. The van der Waals surface area contributed by atoms with E-state index >= 15 is 0 Å². The molecular formula is C16H23NO3. The Hall–Kier alpha value is -1.55. The van der Waals surface area contributed by atoms with Crippen LogP contribution < -0.4 is 5.32 Å². The van der Waals surface area contributed by atoms with Gasteiger partial charge in [0.25, 0.3) is 0 Å². The van der Waals surface area contributed by atoms with Gasteiger partial charge in [-0.1, -0.05) is 0 Å². The lowest BCUT2D eigenvalue weighted by Gasteiger charge is -2.33. The summed E-state index contributed by atoms with van der Waals surface area (Å²) in [6.45, 7) is 6.22. The van der Waals surface area contributed by atoms with Gasteiger partial charge in [-0.15, -0.1) is 0 Å². The molecule has 110 valence electrons. The molecule has 4 nitrogen and oxygen atoms in total. The molecule has 1 aromatic rings. The van der Waals surface area contributed by atoms with Crippen LogP contribution in [0.3, 0.4) is 0 Å². The van der Waals surface area contributed by atoms with Crippen molar-refractivity contribution in [3.8, 4) is 0 Å². The number of ether oxygens (including phenoxy) is 2. The van der Waals surface area contributed by atoms with E-state index in [-0.39, 0.29) is 18.2 Å². The second-order valence-corrected chi connectivity index (χ2v) is 5.59. The lowest BCUT2D eigenvalue weighted by atomic mass is 9.99. The van der Waals surface area contributed by atoms with Crippen LogP contribution in [0.5, 0.6) is 0 Å². The van der Waals surface area contributed by atoms with E-state index < -0.39 is 0 Å². The third-order valence-electron chi connectivity index (χ3n) is 3.70. The highest BCUT2D eigenvalue weighted by atomic mass is 16.5. The molecule has 2 rings (SSSR count). The van der Waals surface area contributed by atoms with Crippen molar-refractivity contribution in [3.63, 3.8) is 0 Å². The fraction of sp³-hybridized carbons (Fsp3) is 0.562. The van der Waals surface area contributed by atoms with Crippen LogP contribution in [0.1, 0.15) is 42.6 Å². The highest BCUT2D eigenvalue weighted by Gasteiger charge is 2.24. The molecule has 20 heavy (non-hydrogen) atoms. The van der Waals surface area contributed by atoms with Crippen LogP contribution in [0.15, 0.2) is 18.2 Å². The normalized spacial score (nSPS) is 26.1. The Morgan fingerprint density at radius 2 is 1.95 bits per heavy atom. The van der Waals surface area contributed by atoms with E-state index in [1.165, 1.54) is 7.11 Å². The minimum absolute atomic E-state index is 0.283. The number of hydrogen-bond acceptors (Lipinski definition) is 4. The van der Waals surface area contributed by atoms with E-state index in [9.17, 15) is 4.79 Å². The van der Waals surface area contributed by atoms with Gasteiger partial charge < -0.3 is 14.8 Å². The number of carbonyl (C=O) groups excluding carboxylic acids is 1. The largest absolute Gasteiger partial charge is 0.465 e. The average molecular weight is 277 g/mol. The topological polar surface area (TPSA) is 47.6 Å². The smallest absolute Gasteiger partial charge is 0.337 e. The molecule has 1 aliphatic rings. The Kier molecular flexibility index (Phi) is 4.65. The molecule has 0 amide bonds. The summed E-state index contributed by atoms with van der Waals surface area (Å²) in [5.74, 6) is -0.298. The summed E-state index contributed by atoms with van der Waals surface area (Å²) in [6, 6.07) is 6.02. The Balaban J connectivity index is 2.08. The van der Waals surface area contributed by atoms with Crippen LogP contribution in [-0.2, 0) is 9.47 Å². The minimum Gasteiger partial charge on any atom is -0.465 e. The average Bonchev–Trinajstić information content (AvgIpc) is 2.39. The van der Waals surface area contributed by atoms with Crippen molar-refractivity contribution in [2.75, 3.05) is 12.4 Å². The number of methoxy groups -OCH3 is 1. The lowest BCUT2D eigenvalue weighted by molar-refractivity contribution is -0.0337. The van der Waals surface area contributed by atoms with E-state index in [0.29, 0.717) is 11.6 Å². The van der Waals surface area contributed by atoms with E-state index in [1.54, 1.807) is 6.07 Å². The summed E-state index contributed by atoms with van der Waals surface area (Å²) < 4.78 is 10.5. The van der Waals surface area contributed by atoms with Gasteiger partial charge >= 0.3 is 5.97 Å². The predicted molar refractivity (Wildman–Crippen MR) is 79.2 cm³/mol. The minimum atomic E-state index is -0.298. The number of anilines is 1. The predicted octanol–water partition coefficient (Wildman–Crippen LogP) is 3.15. The van der Waals surface area contributed by atoms with Crippen molar-refractivity contribution in [3.05, 3.63) is 29.3 Å². The van der Waals surface area contributed by atoms with Crippen molar-refractivity contribution in [2.24, 2.45) is 0 Å². The number of carbonyl (C=O) groups is 1. The van der Waals surface area contributed by atoms with Gasteiger partial charge in [-0.3, -0.25) is 0 Å². The van der Waals surface area contributed by atoms with Gasteiger partial charge in [0.2, 0.25) is 0 Å². The molecule has 0 bridgehead atoms. The number of nitrogens with one attached hydrogen (secondary N) is 1. The van der Waals surface area contributed by atoms with E-state index in [0.717, 1.165) is 24.1 Å². The zero-order chi connectivity index (χ0) is 14.7. The molecule has 1 fully saturated rings. The molecule has 0 spiro atoms. The summed E-state index contributed by atoms with van der Waals surface area (Å²) in [6.07, 6.45) is 2.57. The Morgan fingerprint density at radius 3 is 2.50 bits per heavy atom. The third kappa shape index (κ3) is 3.51. The lowest BCUT2D eigenvalue weighted by Crippen LogP contribution is -2.37. The Morgan fingerprint density at radius 1 is 1.30 bits per heavy atom. The summed E-state index contributed by atoms with van der Waals surface area (Å²) in [5.41, 5.74) is 2.72. The number of hydrogen-bond donors (Lipinski definition) is 1. The van der Waals surface area contributed by atoms with Crippen molar-refractivity contribution < 1.29 is 14.3 Å². The molecule has 0 aromatic heterocycles. The van der Waals surface area contributed by atoms with Crippen molar-refractivity contribution >= 4 is 11.7 Å². The first-order valence-electron chi connectivity index (χ1n) is 7.10. The van der Waals surface area contributed by atoms with Crippen LogP contribution in [0.4, 0.5) is 5.69 Å². The van der Waals surface area contributed by atoms with Crippen molar-refractivity contribution in [2.45, 2.75) is 51.9 Å². The molecule has 1 aromatic carbocycles. The van der Waals surface area contributed by atoms with Crippen LogP contribution >= 0.6 is 0 Å². The summed E-state index contributed by atoms with van der Waals surface area (Å²) in [7, 11) is 1.40. The molecule has 1 N–H and O–H groups in total. The highest BCUT2D eigenvalue weighted by Crippen LogP contribution is 2.25. The number of aryl methyl sites for hydroxylation is 1. The quantitative estimate of drug-likeness (QED) is 0.862. The molecular weight excluding hydrogens is 254 g/mol. The molecule has 1 aliphatic heterocycles. The van der Waals surface area contributed by atoms with Crippen LogP contribution in [0, 0.1) is 6.92 Å². The molecule has 4 heteroatoms. The fourth-order valence-corrected chi connectivity index (χ4v) is 2.81. The van der Waals surface area contributed by atoms with Crippen LogP contribution in [-0.4, -0.2) is 31.3 Å². The van der Waals surface area contributed by atoms with Crippen LogP contribution in [0.25, 0.3) is 0 Å². The summed E-state index contributed by atoms with van der Waals surface area (Å²) in [5, 5.41) is 3.56. The first kappa shape index (κ1) is 14.9. The Bertz CT molecular complexity index is 477. The van der Waals surface area contributed by atoms with E-state index in [1.807, 2.05) is 19.1 Å². The standard InChI is InChI=1S/C16H23NO3/c1-10-7-13(16(18)19-4)5-6-15(10)17-14-8-11(2)20-12(3)9-14/h5-7,11-12,14,17H,8-9H2,1-4H3. The monoisotopic (exact) mass is 277 g/mol. The van der Waals surface area contributed by atoms with Gasteiger partial charge in [0.15, 0.2) is 0 Å². The maximum absolute atomic E-state index is 11.5. The van der Waals surface area contributed by atoms with Crippen molar-refractivity contribution in [1.82, 2.24) is 0 Å². The number of esters is 1. The van der Waals surface area contributed by atoms with Crippen LogP contribution in [0.2, 0.25) is 0 Å². The SMILES string of the molecule is COC(=O)c1ccc(NC2CC(C)OC(C)C2)c(C)c1. The zero-order valence-electron chi connectivity index (χ0n) is 12.6. The van der Waals surface area contributed by atoms with E-state index in [2.05, 4.69) is 19.2 Å². The molecule has 0 radical (unpaired) electrons. The maximum Gasteiger partial charge on any atom is 0.337 e. The molecule has 2 unspecified atom stereocenters. The molecule has 1 saturated heterocycles. The van der Waals surface area contributed by atoms with Gasteiger partial charge in [-0.25, -0.2) is 4.79 Å². The van der Waals surface area contributed by atoms with E-state index in [4.69, 9.17) is 9.47 Å². The van der Waals surface area contributed by atoms with Gasteiger partial charge in [0.1, 0.15) is 0 Å². The van der Waals surface area contributed by atoms with Gasteiger partial charge in [-0.05, 0) is 57.4 Å². The molecule has 0 saturated carbocycles. The second-order valence-electron chi connectivity index (χ2n) is 5.59. The highest BCUT2D eigenvalue weighted by molar-refractivity contribution is 5.90. The molecule has 1 heterocycles. The molecule has 0 aliphatic carbocycles. The number of benzene rings is 1. The Labute approximate surface area is 120 Å². The number of rotatable bonds is 3. The molecule has 2 atom stereocenters. The van der Waals surface area contributed by atoms with Gasteiger partial charge in [-0.2, -0.15) is 0 Å². The zero-order valence-corrected chi connectivity index (χ0v) is 12.6. The summed E-state index contributed by atoms with van der Waals surface area (Å²) in [4.78, 5) is 11.5. The first-order chi connectivity index (χ1) is 9.49. The fourth-order valence-electron chi connectivity index (χ4n) is 2.81.